The molecule has 0 spiro atoms. The van der Waals surface area contributed by atoms with Crippen molar-refractivity contribution in [1.29, 1.82) is 0 Å². The van der Waals surface area contributed by atoms with E-state index in [1.807, 2.05) is 13.8 Å². The first-order valence-corrected chi connectivity index (χ1v) is 5.81. The Morgan fingerprint density at radius 1 is 1.18 bits per heavy atom. The number of nitrogens with two attached hydrogens (primary N) is 1. The largest absolute Gasteiger partial charge is 0.496 e. The zero-order chi connectivity index (χ0) is 13.2. The van der Waals surface area contributed by atoms with Gasteiger partial charge in [-0.3, -0.25) is 0 Å². The fourth-order valence-electron chi connectivity index (χ4n) is 2.22. The van der Waals surface area contributed by atoms with Gasteiger partial charge in [-0.05, 0) is 56.0 Å². The van der Waals surface area contributed by atoms with Gasteiger partial charge in [0.15, 0.2) is 0 Å². The Kier molecular flexibility index (Phi) is 4.17. The van der Waals surface area contributed by atoms with Gasteiger partial charge in [-0.15, -0.1) is 0 Å². The molecule has 0 fully saturated rings. The van der Waals surface area contributed by atoms with Crippen molar-refractivity contribution in [2.75, 3.05) is 20.8 Å². The SMILES string of the molecule is COc1c(C)cc(C(C)(CN)OC)c(C)c1C. The molecule has 17 heavy (non-hydrogen) atoms. The van der Waals surface area contributed by atoms with Crippen molar-refractivity contribution < 1.29 is 9.47 Å². The van der Waals surface area contributed by atoms with Crippen molar-refractivity contribution in [3.8, 4) is 5.75 Å². The molecule has 1 aromatic rings. The third-order valence-corrected chi connectivity index (χ3v) is 3.64. The molecule has 0 bridgehead atoms. The monoisotopic (exact) mass is 237 g/mol. The molecule has 2 N–H and O–H groups in total. The van der Waals surface area contributed by atoms with Crippen LogP contribution < -0.4 is 10.5 Å². The first-order chi connectivity index (χ1) is 7.91. The van der Waals surface area contributed by atoms with Crippen molar-refractivity contribution in [2.24, 2.45) is 5.73 Å². The number of hydrogen-bond acceptors (Lipinski definition) is 3. The summed E-state index contributed by atoms with van der Waals surface area (Å²) in [6, 6.07) is 2.11. The van der Waals surface area contributed by atoms with E-state index in [0.29, 0.717) is 6.54 Å². The second kappa shape index (κ2) is 5.07. The molecule has 1 unspecified atom stereocenters. The number of hydrogen-bond donors (Lipinski definition) is 1. The summed E-state index contributed by atoms with van der Waals surface area (Å²) >= 11 is 0. The summed E-state index contributed by atoms with van der Waals surface area (Å²) in [7, 11) is 3.40. The summed E-state index contributed by atoms with van der Waals surface area (Å²) in [6.07, 6.45) is 0. The average molecular weight is 237 g/mol. The Morgan fingerprint density at radius 3 is 2.18 bits per heavy atom. The third kappa shape index (κ3) is 2.31. The van der Waals surface area contributed by atoms with Gasteiger partial charge in [0.05, 0.1) is 7.11 Å². The summed E-state index contributed by atoms with van der Waals surface area (Å²) in [5.74, 6) is 0.946. The normalized spacial score (nSPS) is 14.5. The summed E-state index contributed by atoms with van der Waals surface area (Å²) in [5.41, 5.74) is 9.98. The van der Waals surface area contributed by atoms with E-state index in [1.165, 1.54) is 5.56 Å². The lowest BCUT2D eigenvalue weighted by atomic mass is 9.87. The van der Waals surface area contributed by atoms with E-state index in [4.69, 9.17) is 15.2 Å². The van der Waals surface area contributed by atoms with E-state index in [9.17, 15) is 0 Å². The highest BCUT2D eigenvalue weighted by atomic mass is 16.5. The van der Waals surface area contributed by atoms with Gasteiger partial charge in [0.1, 0.15) is 11.4 Å². The smallest absolute Gasteiger partial charge is 0.124 e. The molecule has 0 radical (unpaired) electrons. The average Bonchev–Trinajstić information content (AvgIpc) is 2.33. The molecule has 1 aromatic carbocycles. The second-order valence-electron chi connectivity index (χ2n) is 4.66. The van der Waals surface area contributed by atoms with Crippen LogP contribution in [0.4, 0.5) is 0 Å². The number of methoxy groups -OCH3 is 2. The molecule has 3 heteroatoms. The summed E-state index contributed by atoms with van der Waals surface area (Å²) in [4.78, 5) is 0. The van der Waals surface area contributed by atoms with Crippen LogP contribution in [0.15, 0.2) is 6.07 Å². The van der Waals surface area contributed by atoms with Crippen LogP contribution in [0.3, 0.4) is 0 Å². The first-order valence-electron chi connectivity index (χ1n) is 5.81. The quantitative estimate of drug-likeness (QED) is 0.874. The van der Waals surface area contributed by atoms with Gasteiger partial charge in [0.25, 0.3) is 0 Å². The first kappa shape index (κ1) is 14.0. The standard InChI is InChI=1S/C14H23NO2/c1-9-7-12(14(4,8-15)17-6)10(2)11(3)13(9)16-5/h7H,8,15H2,1-6H3. The molecule has 0 saturated heterocycles. The van der Waals surface area contributed by atoms with Crippen LogP contribution in [0.5, 0.6) is 5.75 Å². The number of aryl methyl sites for hydroxylation is 1. The van der Waals surface area contributed by atoms with Gasteiger partial charge in [0.2, 0.25) is 0 Å². The van der Waals surface area contributed by atoms with Crippen LogP contribution >= 0.6 is 0 Å². The molecular formula is C14H23NO2. The highest BCUT2D eigenvalue weighted by Gasteiger charge is 2.28. The minimum Gasteiger partial charge on any atom is -0.496 e. The Balaban J connectivity index is 3.47. The summed E-state index contributed by atoms with van der Waals surface area (Å²) < 4.78 is 11.0. The van der Waals surface area contributed by atoms with E-state index in [2.05, 4.69) is 19.9 Å². The van der Waals surface area contributed by atoms with Crippen molar-refractivity contribution in [1.82, 2.24) is 0 Å². The topological polar surface area (TPSA) is 44.5 Å². The van der Waals surface area contributed by atoms with Gasteiger partial charge in [0, 0.05) is 13.7 Å². The molecule has 1 rings (SSSR count). The second-order valence-corrected chi connectivity index (χ2v) is 4.66. The van der Waals surface area contributed by atoms with Gasteiger partial charge in [-0.1, -0.05) is 0 Å². The molecule has 0 aliphatic rings. The molecule has 0 aliphatic carbocycles. The molecule has 1 atom stereocenters. The fourth-order valence-corrected chi connectivity index (χ4v) is 2.22. The van der Waals surface area contributed by atoms with Crippen LogP contribution in [0, 0.1) is 20.8 Å². The van der Waals surface area contributed by atoms with E-state index in [-0.39, 0.29) is 0 Å². The Bertz CT molecular complexity index is 409. The zero-order valence-electron chi connectivity index (χ0n) is 11.7. The predicted octanol–water partition coefficient (Wildman–Crippen LogP) is 2.44. The number of rotatable bonds is 4. The minimum absolute atomic E-state index is 0.439. The van der Waals surface area contributed by atoms with Gasteiger partial charge < -0.3 is 15.2 Å². The van der Waals surface area contributed by atoms with Crippen LogP contribution in [0.25, 0.3) is 0 Å². The molecule has 96 valence electrons. The van der Waals surface area contributed by atoms with Crippen LogP contribution in [0.1, 0.15) is 29.2 Å². The van der Waals surface area contributed by atoms with E-state index < -0.39 is 5.60 Å². The van der Waals surface area contributed by atoms with Gasteiger partial charge in [-0.2, -0.15) is 0 Å². The van der Waals surface area contributed by atoms with Gasteiger partial charge in [-0.25, -0.2) is 0 Å². The maximum Gasteiger partial charge on any atom is 0.124 e. The minimum atomic E-state index is -0.439. The number of ether oxygens (including phenoxy) is 2. The molecule has 0 heterocycles. The summed E-state index contributed by atoms with van der Waals surface area (Å²) in [6.45, 7) is 8.66. The maximum atomic E-state index is 5.83. The molecule has 0 amide bonds. The molecular weight excluding hydrogens is 214 g/mol. The van der Waals surface area contributed by atoms with Gasteiger partial charge >= 0.3 is 0 Å². The third-order valence-electron chi connectivity index (χ3n) is 3.64. The Hall–Kier alpha value is -1.06. The fraction of sp³-hybridized carbons (Fsp3) is 0.571. The molecule has 0 saturated carbocycles. The van der Waals surface area contributed by atoms with Crippen LogP contribution in [0.2, 0.25) is 0 Å². The van der Waals surface area contributed by atoms with Crippen molar-refractivity contribution >= 4 is 0 Å². The van der Waals surface area contributed by atoms with E-state index >= 15 is 0 Å². The predicted molar refractivity (Wildman–Crippen MR) is 70.6 cm³/mol. The van der Waals surface area contributed by atoms with Crippen LogP contribution in [-0.4, -0.2) is 20.8 Å². The van der Waals surface area contributed by atoms with E-state index in [0.717, 1.165) is 22.4 Å². The highest BCUT2D eigenvalue weighted by Crippen LogP contribution is 2.35. The Morgan fingerprint density at radius 2 is 1.76 bits per heavy atom. The molecule has 0 aromatic heterocycles. The van der Waals surface area contributed by atoms with Crippen molar-refractivity contribution in [3.63, 3.8) is 0 Å². The lowest BCUT2D eigenvalue weighted by molar-refractivity contribution is 0.00943. The lowest BCUT2D eigenvalue weighted by Crippen LogP contribution is -2.34. The van der Waals surface area contributed by atoms with Crippen molar-refractivity contribution in [3.05, 3.63) is 28.3 Å². The van der Waals surface area contributed by atoms with Crippen molar-refractivity contribution in [2.45, 2.75) is 33.3 Å². The highest BCUT2D eigenvalue weighted by molar-refractivity contribution is 5.50. The molecule has 0 aliphatic heterocycles. The van der Waals surface area contributed by atoms with Crippen LogP contribution in [-0.2, 0) is 10.3 Å². The Labute approximate surface area is 104 Å². The maximum absolute atomic E-state index is 5.83. The summed E-state index contributed by atoms with van der Waals surface area (Å²) in [5, 5.41) is 0. The van der Waals surface area contributed by atoms with E-state index in [1.54, 1.807) is 14.2 Å². The lowest BCUT2D eigenvalue weighted by Gasteiger charge is -2.30. The molecule has 3 nitrogen and oxygen atoms in total. The zero-order valence-corrected chi connectivity index (χ0v) is 11.7. The number of benzene rings is 1.